The summed E-state index contributed by atoms with van der Waals surface area (Å²) in [6, 6.07) is 6.91. The van der Waals surface area contributed by atoms with E-state index in [-0.39, 0.29) is 0 Å². The Morgan fingerprint density at radius 3 is 2.33 bits per heavy atom. The van der Waals surface area contributed by atoms with E-state index < -0.39 is 10.0 Å². The molecule has 0 fully saturated rings. The molecule has 0 heterocycles. The van der Waals surface area contributed by atoms with Crippen molar-refractivity contribution in [3.05, 3.63) is 24.3 Å². The van der Waals surface area contributed by atoms with Gasteiger partial charge in [0.05, 0.1) is 5.69 Å². The van der Waals surface area contributed by atoms with Gasteiger partial charge in [0.15, 0.2) is 0 Å². The van der Waals surface area contributed by atoms with Crippen molar-refractivity contribution in [2.45, 2.75) is 31.6 Å². The molecule has 0 radical (unpaired) electrons. The number of anilines is 1. The van der Waals surface area contributed by atoms with Crippen molar-refractivity contribution in [2.75, 3.05) is 18.9 Å². The van der Waals surface area contributed by atoms with Gasteiger partial charge < -0.3 is 5.32 Å². The van der Waals surface area contributed by atoms with E-state index in [1.807, 2.05) is 6.07 Å². The fourth-order valence-corrected chi connectivity index (χ4v) is 3.12. The molecule has 0 amide bonds. The Balaban J connectivity index is 2.86. The van der Waals surface area contributed by atoms with Gasteiger partial charge in [-0.15, -0.1) is 0 Å². The molecule has 1 rings (SSSR count). The number of nitrogens with one attached hydrogen (secondary N) is 2. The third-order valence-corrected chi connectivity index (χ3v) is 4.64. The highest BCUT2D eigenvalue weighted by molar-refractivity contribution is 7.89. The average molecular weight is 270 g/mol. The van der Waals surface area contributed by atoms with Crippen LogP contribution in [0.5, 0.6) is 0 Å². The monoisotopic (exact) mass is 270 g/mol. The fourth-order valence-electron chi connectivity index (χ4n) is 1.79. The van der Waals surface area contributed by atoms with Crippen LogP contribution in [0.15, 0.2) is 29.2 Å². The second-order valence-electron chi connectivity index (χ2n) is 4.28. The molecule has 2 N–H and O–H groups in total. The molecule has 1 aromatic rings. The van der Waals surface area contributed by atoms with Crippen LogP contribution in [0.4, 0.5) is 5.69 Å². The van der Waals surface area contributed by atoms with E-state index in [0.29, 0.717) is 23.0 Å². The van der Waals surface area contributed by atoms with Gasteiger partial charge in [-0.25, -0.2) is 13.1 Å². The molecule has 5 heteroatoms. The summed E-state index contributed by atoms with van der Waals surface area (Å²) in [4.78, 5) is 0.304. The van der Waals surface area contributed by atoms with E-state index in [1.54, 1.807) is 25.2 Å². The van der Waals surface area contributed by atoms with Crippen molar-refractivity contribution in [3.8, 4) is 0 Å². The summed E-state index contributed by atoms with van der Waals surface area (Å²) in [7, 11) is -1.71. The van der Waals surface area contributed by atoms with Crippen molar-refractivity contribution in [2.24, 2.45) is 5.92 Å². The highest BCUT2D eigenvalue weighted by Gasteiger charge is 2.18. The predicted octanol–water partition coefficient (Wildman–Crippen LogP) is 2.44. The fraction of sp³-hybridized carbons (Fsp3) is 0.538. The van der Waals surface area contributed by atoms with Crippen LogP contribution in [0, 0.1) is 5.92 Å². The molecular formula is C13H22N2O2S. The van der Waals surface area contributed by atoms with Gasteiger partial charge in [-0.05, 0) is 18.1 Å². The quantitative estimate of drug-likeness (QED) is 0.800. The van der Waals surface area contributed by atoms with E-state index in [9.17, 15) is 8.42 Å². The number of rotatable bonds is 7. The second-order valence-corrected chi connectivity index (χ2v) is 6.02. The first-order chi connectivity index (χ1) is 8.55. The molecule has 0 saturated heterocycles. The van der Waals surface area contributed by atoms with Crippen LogP contribution in [-0.2, 0) is 10.0 Å². The summed E-state index contributed by atoms with van der Waals surface area (Å²) < 4.78 is 27.1. The van der Waals surface area contributed by atoms with Crippen molar-refractivity contribution < 1.29 is 8.42 Å². The SMILES string of the molecule is CCC(CC)CNS(=O)(=O)c1ccccc1NC. The molecule has 0 spiro atoms. The van der Waals surface area contributed by atoms with E-state index in [4.69, 9.17) is 0 Å². The van der Waals surface area contributed by atoms with Gasteiger partial charge in [-0.1, -0.05) is 38.8 Å². The number of benzene rings is 1. The van der Waals surface area contributed by atoms with Crippen LogP contribution in [-0.4, -0.2) is 22.0 Å². The highest BCUT2D eigenvalue weighted by Crippen LogP contribution is 2.20. The molecule has 0 aliphatic rings. The zero-order chi connectivity index (χ0) is 13.6. The van der Waals surface area contributed by atoms with Crippen molar-refractivity contribution >= 4 is 15.7 Å². The number of hydrogen-bond acceptors (Lipinski definition) is 3. The molecule has 0 bridgehead atoms. The third kappa shape index (κ3) is 3.71. The van der Waals surface area contributed by atoms with E-state index in [0.717, 1.165) is 12.8 Å². The number of sulfonamides is 1. The second kappa shape index (κ2) is 6.75. The zero-order valence-corrected chi connectivity index (χ0v) is 12.0. The van der Waals surface area contributed by atoms with Crippen LogP contribution in [0.25, 0.3) is 0 Å². The van der Waals surface area contributed by atoms with E-state index >= 15 is 0 Å². The first-order valence-electron chi connectivity index (χ1n) is 6.31. The Morgan fingerprint density at radius 1 is 1.17 bits per heavy atom. The Labute approximate surface area is 110 Å². The maximum atomic E-state index is 12.2. The maximum Gasteiger partial charge on any atom is 0.242 e. The Hall–Kier alpha value is -1.07. The Morgan fingerprint density at radius 2 is 1.78 bits per heavy atom. The molecule has 4 nitrogen and oxygen atoms in total. The minimum atomic E-state index is -3.43. The predicted molar refractivity (Wildman–Crippen MR) is 75.2 cm³/mol. The van der Waals surface area contributed by atoms with Crippen molar-refractivity contribution in [1.29, 1.82) is 0 Å². The van der Waals surface area contributed by atoms with Gasteiger partial charge in [0.2, 0.25) is 10.0 Å². The molecule has 0 atom stereocenters. The largest absolute Gasteiger partial charge is 0.387 e. The van der Waals surface area contributed by atoms with E-state index in [1.165, 1.54) is 0 Å². The normalized spacial score (nSPS) is 11.8. The molecule has 18 heavy (non-hydrogen) atoms. The summed E-state index contributed by atoms with van der Waals surface area (Å²) in [6.45, 7) is 4.64. The van der Waals surface area contributed by atoms with Crippen LogP contribution in [0.3, 0.4) is 0 Å². The molecule has 0 unspecified atom stereocenters. The van der Waals surface area contributed by atoms with Gasteiger partial charge in [-0.2, -0.15) is 0 Å². The molecule has 102 valence electrons. The molecule has 0 aromatic heterocycles. The maximum absolute atomic E-state index is 12.2. The van der Waals surface area contributed by atoms with Crippen molar-refractivity contribution in [3.63, 3.8) is 0 Å². The average Bonchev–Trinajstić information content (AvgIpc) is 2.39. The topological polar surface area (TPSA) is 58.2 Å². The summed E-state index contributed by atoms with van der Waals surface area (Å²) in [5.41, 5.74) is 0.620. The lowest BCUT2D eigenvalue weighted by Gasteiger charge is -2.15. The lowest BCUT2D eigenvalue weighted by atomic mass is 10.0. The van der Waals surface area contributed by atoms with E-state index in [2.05, 4.69) is 23.9 Å². The lowest BCUT2D eigenvalue weighted by molar-refractivity contribution is 0.479. The smallest absolute Gasteiger partial charge is 0.242 e. The van der Waals surface area contributed by atoms with Gasteiger partial charge in [0, 0.05) is 13.6 Å². The first-order valence-corrected chi connectivity index (χ1v) is 7.79. The summed E-state index contributed by atoms with van der Waals surface area (Å²) in [5, 5.41) is 2.90. The van der Waals surface area contributed by atoms with Gasteiger partial charge >= 0.3 is 0 Å². The molecule has 0 aliphatic heterocycles. The van der Waals surface area contributed by atoms with Gasteiger partial charge in [-0.3, -0.25) is 0 Å². The van der Waals surface area contributed by atoms with Crippen LogP contribution in [0.2, 0.25) is 0 Å². The minimum Gasteiger partial charge on any atom is -0.387 e. The Kier molecular flexibility index (Phi) is 5.62. The number of para-hydroxylation sites is 1. The number of hydrogen-bond donors (Lipinski definition) is 2. The van der Waals surface area contributed by atoms with Gasteiger partial charge in [0.1, 0.15) is 4.90 Å². The van der Waals surface area contributed by atoms with Crippen LogP contribution >= 0.6 is 0 Å². The minimum absolute atomic E-state index is 0.304. The molecule has 1 aromatic carbocycles. The molecular weight excluding hydrogens is 248 g/mol. The standard InChI is InChI=1S/C13H22N2O2S/c1-4-11(5-2)10-15-18(16,17)13-9-7-6-8-12(13)14-3/h6-9,11,14-15H,4-5,10H2,1-3H3. The van der Waals surface area contributed by atoms with Crippen molar-refractivity contribution in [1.82, 2.24) is 4.72 Å². The summed E-state index contributed by atoms with van der Waals surface area (Å²) in [6.07, 6.45) is 1.96. The zero-order valence-electron chi connectivity index (χ0n) is 11.2. The summed E-state index contributed by atoms with van der Waals surface area (Å²) in [5.74, 6) is 0.390. The van der Waals surface area contributed by atoms with Crippen LogP contribution in [0.1, 0.15) is 26.7 Å². The molecule has 0 aliphatic carbocycles. The first kappa shape index (κ1) is 15.0. The third-order valence-electron chi connectivity index (χ3n) is 3.16. The lowest BCUT2D eigenvalue weighted by Crippen LogP contribution is -2.29. The summed E-state index contributed by atoms with van der Waals surface area (Å²) >= 11 is 0. The Bertz CT molecular complexity index is 468. The highest BCUT2D eigenvalue weighted by atomic mass is 32.2. The van der Waals surface area contributed by atoms with Gasteiger partial charge in [0.25, 0.3) is 0 Å². The van der Waals surface area contributed by atoms with Crippen LogP contribution < -0.4 is 10.0 Å². The molecule has 0 saturated carbocycles.